The van der Waals surface area contributed by atoms with Crippen LogP contribution < -0.4 is 4.90 Å². The molecule has 2 heterocycles. The number of hydrogen-bond donors (Lipinski definition) is 0. The van der Waals surface area contributed by atoms with Crippen LogP contribution in [0, 0.1) is 11.3 Å². The highest BCUT2D eigenvalue weighted by Gasteiger charge is 2.32. The minimum Gasteiger partial charge on any atom is -0.340 e. The summed E-state index contributed by atoms with van der Waals surface area (Å²) < 4.78 is 24.7. The number of anilines is 2. The fourth-order valence-corrected chi connectivity index (χ4v) is 4.28. The van der Waals surface area contributed by atoms with E-state index in [4.69, 9.17) is 5.26 Å². The van der Waals surface area contributed by atoms with Crippen molar-refractivity contribution in [3.05, 3.63) is 53.6 Å². The third-order valence-electron chi connectivity index (χ3n) is 5.01. The van der Waals surface area contributed by atoms with Crippen molar-refractivity contribution in [2.75, 3.05) is 37.3 Å². The minimum atomic E-state index is -2.38. The van der Waals surface area contributed by atoms with Crippen LogP contribution in [0.2, 0.25) is 0 Å². The number of nitriles is 1. The van der Waals surface area contributed by atoms with Crippen LogP contribution in [0.3, 0.4) is 0 Å². The van der Waals surface area contributed by atoms with Gasteiger partial charge < -0.3 is 9.80 Å². The maximum atomic E-state index is 12.4. The summed E-state index contributed by atoms with van der Waals surface area (Å²) in [6, 6.07) is 15.5. The highest BCUT2D eigenvalue weighted by atomic mass is 32.2. The monoisotopic (exact) mass is 445 g/mol. The zero-order valence-corrected chi connectivity index (χ0v) is 19.1. The Morgan fingerprint density at radius 2 is 1.71 bits per heavy atom. The van der Waals surface area contributed by atoms with Gasteiger partial charge in [-0.15, -0.1) is 11.8 Å². The fraction of sp³-hybridized carbons (Fsp3) is 0.417. The number of thioether (sulfide) groups is 1. The van der Waals surface area contributed by atoms with E-state index in [1.54, 1.807) is 11.8 Å². The second kappa shape index (κ2) is 11.8. The molecule has 1 saturated heterocycles. The number of benzene rings is 2. The van der Waals surface area contributed by atoms with Crippen LogP contribution in [0.1, 0.15) is 42.6 Å². The van der Waals surface area contributed by atoms with Gasteiger partial charge in [-0.1, -0.05) is 13.8 Å². The van der Waals surface area contributed by atoms with E-state index in [1.165, 1.54) is 0 Å². The fourth-order valence-electron chi connectivity index (χ4n) is 3.24. The summed E-state index contributed by atoms with van der Waals surface area (Å²) >= 11 is 1.77. The Morgan fingerprint density at radius 3 is 2.26 bits per heavy atom. The molecule has 0 unspecified atom stereocenters. The number of carbonyl (C=O) groups excluding carboxylic acids is 1. The Hall–Kier alpha value is -2.43. The molecular formula is C24H29F2N3OS. The predicted molar refractivity (Wildman–Crippen MR) is 124 cm³/mol. The molecule has 0 radical (unpaired) electrons. The van der Waals surface area contributed by atoms with Gasteiger partial charge in [0, 0.05) is 54.4 Å². The molecule has 2 aromatic carbocycles. The van der Waals surface area contributed by atoms with Gasteiger partial charge in [0.1, 0.15) is 6.29 Å². The minimum absolute atomic E-state index is 0.0312. The van der Waals surface area contributed by atoms with Crippen LogP contribution in [0.4, 0.5) is 20.2 Å². The first kappa shape index (κ1) is 24.8. The van der Waals surface area contributed by atoms with Gasteiger partial charge in [0.2, 0.25) is 0 Å². The summed E-state index contributed by atoms with van der Waals surface area (Å²) in [5.74, 6) is -1.40. The molecule has 0 saturated carbocycles. The molecule has 166 valence electrons. The topological polar surface area (TPSA) is 47.3 Å². The number of alkyl halides is 2. The molecule has 2 aliphatic rings. The van der Waals surface area contributed by atoms with Crippen LogP contribution >= 0.6 is 11.8 Å². The van der Waals surface area contributed by atoms with Gasteiger partial charge in [0.25, 0.3) is 5.92 Å². The summed E-state index contributed by atoms with van der Waals surface area (Å²) in [6.07, 6.45) is 0.939. The average Bonchev–Trinajstić information content (AvgIpc) is 2.82. The predicted octanol–water partition coefficient (Wildman–Crippen LogP) is 5.99. The van der Waals surface area contributed by atoms with Crippen LogP contribution in [0.5, 0.6) is 0 Å². The van der Waals surface area contributed by atoms with Gasteiger partial charge >= 0.3 is 0 Å². The molecule has 1 fully saturated rings. The molecule has 0 N–H and O–H groups in total. The van der Waals surface area contributed by atoms with E-state index in [9.17, 15) is 13.6 Å². The Labute approximate surface area is 187 Å². The van der Waals surface area contributed by atoms with Gasteiger partial charge in [-0.3, -0.25) is 4.79 Å². The summed E-state index contributed by atoms with van der Waals surface area (Å²) in [4.78, 5) is 16.1. The number of carbonyl (C=O) groups is 1. The zero-order chi connectivity index (χ0) is 22.9. The molecule has 0 amide bonds. The first-order chi connectivity index (χ1) is 14.9. The summed E-state index contributed by atoms with van der Waals surface area (Å²) in [7, 11) is 1.87. The van der Waals surface area contributed by atoms with Crippen molar-refractivity contribution in [2.24, 2.45) is 0 Å². The molecule has 31 heavy (non-hydrogen) atoms. The van der Waals surface area contributed by atoms with Gasteiger partial charge in [0.15, 0.2) is 0 Å². The van der Waals surface area contributed by atoms with E-state index < -0.39 is 5.92 Å². The van der Waals surface area contributed by atoms with E-state index in [1.807, 2.05) is 68.3 Å². The first-order valence-corrected chi connectivity index (χ1v) is 11.5. The number of likely N-dealkylation sites (tertiary alicyclic amines) is 1. The van der Waals surface area contributed by atoms with E-state index in [0.29, 0.717) is 24.2 Å². The number of halogens is 2. The largest absolute Gasteiger partial charge is 0.340 e. The normalized spacial score (nSPS) is 17.1. The summed E-state index contributed by atoms with van der Waals surface area (Å²) in [6.45, 7) is 5.99. The summed E-state index contributed by atoms with van der Waals surface area (Å²) in [5.41, 5.74) is 3.57. The van der Waals surface area contributed by atoms with Crippen molar-refractivity contribution >= 4 is 29.4 Å². The quantitative estimate of drug-likeness (QED) is 0.532. The average molecular weight is 446 g/mol. The van der Waals surface area contributed by atoms with Crippen molar-refractivity contribution in [2.45, 2.75) is 37.5 Å². The van der Waals surface area contributed by atoms with Crippen LogP contribution in [-0.2, 0) is 0 Å². The Bertz CT molecular complexity index is 887. The number of rotatable bonds is 2. The van der Waals surface area contributed by atoms with Crippen LogP contribution in [0.25, 0.3) is 0 Å². The Morgan fingerprint density at radius 1 is 1.06 bits per heavy atom. The van der Waals surface area contributed by atoms with Crippen molar-refractivity contribution in [3.63, 3.8) is 0 Å². The van der Waals surface area contributed by atoms with E-state index in [2.05, 4.69) is 11.0 Å². The van der Waals surface area contributed by atoms with Crippen molar-refractivity contribution in [1.29, 1.82) is 5.26 Å². The highest BCUT2D eigenvalue weighted by molar-refractivity contribution is 7.99. The second-order valence-corrected chi connectivity index (χ2v) is 8.30. The molecule has 0 aromatic heterocycles. The lowest BCUT2D eigenvalue weighted by Crippen LogP contribution is -2.36. The standard InChI is InChI=1S/C16H12N2OS.C6H11F2N.C2H6/c17-10-12-1-4-14(5-2-12)18-7-8-20-16-9-13(11-19)3-6-15(16)18;1-9-4-2-6(7,8)3-5-9;1-2/h1-6,9,11H,7-8H2;2-5H2,1H3;1-2H3. The molecule has 0 aliphatic carbocycles. The van der Waals surface area contributed by atoms with Crippen LogP contribution in [0.15, 0.2) is 47.4 Å². The summed E-state index contributed by atoms with van der Waals surface area (Å²) in [5, 5.41) is 8.85. The molecule has 4 rings (SSSR count). The maximum absolute atomic E-state index is 12.4. The molecule has 2 aliphatic heterocycles. The highest BCUT2D eigenvalue weighted by Crippen LogP contribution is 2.39. The molecule has 0 atom stereocenters. The third kappa shape index (κ3) is 7.05. The molecule has 4 nitrogen and oxygen atoms in total. The number of aldehydes is 1. The SMILES string of the molecule is CC.CN1CCC(F)(F)CC1.N#Cc1ccc(N2CCSc3cc(C=O)ccc32)cc1. The van der Waals surface area contributed by atoms with Crippen molar-refractivity contribution in [3.8, 4) is 6.07 Å². The first-order valence-electron chi connectivity index (χ1n) is 10.5. The van der Waals surface area contributed by atoms with Crippen molar-refractivity contribution < 1.29 is 13.6 Å². The van der Waals surface area contributed by atoms with Gasteiger partial charge in [0.05, 0.1) is 17.3 Å². The number of fused-ring (bicyclic) bond motifs is 1. The van der Waals surface area contributed by atoms with Gasteiger partial charge in [-0.05, 0) is 49.5 Å². The molecule has 0 bridgehead atoms. The van der Waals surface area contributed by atoms with E-state index in [0.717, 1.165) is 34.9 Å². The zero-order valence-electron chi connectivity index (χ0n) is 18.3. The third-order valence-corrected chi connectivity index (χ3v) is 6.03. The lowest BCUT2D eigenvalue weighted by Gasteiger charge is -2.31. The smallest absolute Gasteiger partial charge is 0.250 e. The van der Waals surface area contributed by atoms with Gasteiger partial charge in [-0.2, -0.15) is 5.26 Å². The van der Waals surface area contributed by atoms with Crippen LogP contribution in [-0.4, -0.2) is 49.5 Å². The number of piperidine rings is 1. The number of hydrogen-bond acceptors (Lipinski definition) is 5. The lowest BCUT2D eigenvalue weighted by molar-refractivity contribution is -0.0504. The second-order valence-electron chi connectivity index (χ2n) is 7.16. The molecule has 7 heteroatoms. The Kier molecular flexibility index (Phi) is 9.47. The maximum Gasteiger partial charge on any atom is 0.250 e. The van der Waals surface area contributed by atoms with E-state index in [-0.39, 0.29) is 12.8 Å². The van der Waals surface area contributed by atoms with Gasteiger partial charge in [-0.25, -0.2) is 8.78 Å². The van der Waals surface area contributed by atoms with Crippen molar-refractivity contribution in [1.82, 2.24) is 4.90 Å². The Balaban J connectivity index is 0.000000261. The molecular weight excluding hydrogens is 416 g/mol. The number of nitrogens with zero attached hydrogens (tertiary/aromatic N) is 3. The van der Waals surface area contributed by atoms with E-state index >= 15 is 0 Å². The molecule has 0 spiro atoms. The lowest BCUT2D eigenvalue weighted by atomic mass is 10.1. The molecule has 2 aromatic rings.